The van der Waals surface area contributed by atoms with Crippen molar-refractivity contribution in [2.24, 2.45) is 0 Å². The number of nitrogens with one attached hydrogen (secondary N) is 2. The van der Waals surface area contributed by atoms with Crippen molar-refractivity contribution in [1.82, 2.24) is 15.0 Å². The number of rotatable bonds is 7. The van der Waals surface area contributed by atoms with E-state index in [-0.39, 0.29) is 18.6 Å². The van der Waals surface area contributed by atoms with Gasteiger partial charge in [-0.1, -0.05) is 6.07 Å². The first-order valence-electron chi connectivity index (χ1n) is 9.31. The summed E-state index contributed by atoms with van der Waals surface area (Å²) >= 11 is 0. The third kappa shape index (κ3) is 5.37. The molecule has 1 atom stereocenters. The van der Waals surface area contributed by atoms with Gasteiger partial charge in [0, 0.05) is 31.8 Å². The van der Waals surface area contributed by atoms with Gasteiger partial charge in [-0.3, -0.25) is 4.79 Å². The number of piperidine rings is 1. The predicted molar refractivity (Wildman–Crippen MR) is 105 cm³/mol. The highest BCUT2D eigenvalue weighted by atomic mass is 16.3. The first kappa shape index (κ1) is 19.0. The van der Waals surface area contributed by atoms with Gasteiger partial charge < -0.3 is 20.6 Å². The van der Waals surface area contributed by atoms with Crippen molar-refractivity contribution in [2.45, 2.75) is 38.6 Å². The van der Waals surface area contributed by atoms with E-state index in [1.54, 1.807) is 12.3 Å². The predicted octanol–water partition coefficient (Wildman–Crippen LogP) is 1.97. The Morgan fingerprint density at radius 1 is 1.26 bits per heavy atom. The fourth-order valence-electron chi connectivity index (χ4n) is 3.14. The van der Waals surface area contributed by atoms with Crippen LogP contribution in [0.25, 0.3) is 0 Å². The van der Waals surface area contributed by atoms with E-state index in [1.807, 2.05) is 19.1 Å². The van der Waals surface area contributed by atoms with Crippen molar-refractivity contribution in [2.75, 3.05) is 35.2 Å². The van der Waals surface area contributed by atoms with Gasteiger partial charge in [-0.15, -0.1) is 0 Å². The number of aliphatic hydroxyl groups excluding tert-OH is 1. The molecule has 144 valence electrons. The molecule has 1 fully saturated rings. The number of aryl methyl sites for hydroxylation is 1. The first-order valence-corrected chi connectivity index (χ1v) is 9.31. The number of carbonyl (C=O) groups is 1. The van der Waals surface area contributed by atoms with Crippen LogP contribution in [0.4, 0.5) is 17.5 Å². The minimum Gasteiger partial charge on any atom is -0.394 e. The van der Waals surface area contributed by atoms with Crippen LogP contribution in [0, 0.1) is 6.92 Å². The van der Waals surface area contributed by atoms with Crippen LogP contribution in [0.1, 0.15) is 31.2 Å². The van der Waals surface area contributed by atoms with E-state index in [0.29, 0.717) is 24.6 Å². The molecule has 2 aromatic heterocycles. The minimum absolute atomic E-state index is 0.106. The third-order valence-corrected chi connectivity index (χ3v) is 4.62. The Bertz CT molecular complexity index is 752. The summed E-state index contributed by atoms with van der Waals surface area (Å²) in [5.41, 5.74) is 1.05. The monoisotopic (exact) mass is 370 g/mol. The number of hydrogen-bond donors (Lipinski definition) is 3. The van der Waals surface area contributed by atoms with Gasteiger partial charge in [0.25, 0.3) is 0 Å². The Balaban J connectivity index is 1.51. The molecule has 3 heterocycles. The molecule has 1 saturated heterocycles. The molecule has 1 amide bonds. The summed E-state index contributed by atoms with van der Waals surface area (Å²) in [6, 6.07) is 5.67. The summed E-state index contributed by atoms with van der Waals surface area (Å²) in [6.45, 7) is 3.41. The zero-order chi connectivity index (χ0) is 19.1. The van der Waals surface area contributed by atoms with Crippen LogP contribution in [0.5, 0.6) is 0 Å². The van der Waals surface area contributed by atoms with Crippen LogP contribution >= 0.6 is 0 Å². The number of hydrogen-bond acceptors (Lipinski definition) is 7. The zero-order valence-electron chi connectivity index (χ0n) is 15.6. The molecule has 0 radical (unpaired) electrons. The van der Waals surface area contributed by atoms with Crippen LogP contribution in [-0.2, 0) is 4.79 Å². The Hall–Kier alpha value is -2.74. The Kier molecular flexibility index (Phi) is 6.54. The first-order chi connectivity index (χ1) is 13.2. The zero-order valence-corrected chi connectivity index (χ0v) is 15.6. The maximum absolute atomic E-state index is 12.0. The molecule has 3 N–H and O–H groups in total. The fourth-order valence-corrected chi connectivity index (χ4v) is 3.14. The van der Waals surface area contributed by atoms with E-state index < -0.39 is 0 Å². The van der Waals surface area contributed by atoms with E-state index in [9.17, 15) is 9.90 Å². The lowest BCUT2D eigenvalue weighted by Gasteiger charge is -2.35. The molecule has 0 bridgehead atoms. The third-order valence-electron chi connectivity index (χ3n) is 4.62. The van der Waals surface area contributed by atoms with Crippen molar-refractivity contribution in [3.05, 3.63) is 36.3 Å². The normalized spacial score (nSPS) is 16.8. The molecule has 0 saturated carbocycles. The summed E-state index contributed by atoms with van der Waals surface area (Å²) in [7, 11) is 0. The molecule has 1 aliphatic rings. The van der Waals surface area contributed by atoms with Crippen LogP contribution in [0.2, 0.25) is 0 Å². The van der Waals surface area contributed by atoms with Crippen molar-refractivity contribution >= 4 is 23.4 Å². The van der Waals surface area contributed by atoms with Gasteiger partial charge in [-0.25, -0.2) is 15.0 Å². The Morgan fingerprint density at radius 2 is 2.15 bits per heavy atom. The molecule has 3 rings (SSSR count). The second kappa shape index (κ2) is 9.27. The summed E-state index contributed by atoms with van der Waals surface area (Å²) in [5, 5.41) is 15.5. The number of amides is 1. The second-order valence-corrected chi connectivity index (χ2v) is 6.73. The highest BCUT2D eigenvalue weighted by Gasteiger charge is 2.23. The largest absolute Gasteiger partial charge is 0.394 e. The second-order valence-electron chi connectivity index (χ2n) is 6.73. The highest BCUT2D eigenvalue weighted by molar-refractivity contribution is 5.90. The van der Waals surface area contributed by atoms with Crippen molar-refractivity contribution < 1.29 is 9.90 Å². The average molecular weight is 370 g/mol. The molecule has 8 heteroatoms. The fraction of sp³-hybridized carbons (Fsp3) is 0.474. The van der Waals surface area contributed by atoms with Crippen molar-refractivity contribution in [3.8, 4) is 0 Å². The van der Waals surface area contributed by atoms with Crippen LogP contribution in [0.3, 0.4) is 0 Å². The van der Waals surface area contributed by atoms with Crippen LogP contribution in [0.15, 0.2) is 30.7 Å². The summed E-state index contributed by atoms with van der Waals surface area (Å²) in [6.07, 6.45) is 6.72. The van der Waals surface area contributed by atoms with E-state index >= 15 is 0 Å². The number of pyridine rings is 1. The molecule has 0 spiro atoms. The molecular weight excluding hydrogens is 344 g/mol. The van der Waals surface area contributed by atoms with Crippen LogP contribution in [-0.4, -0.2) is 51.7 Å². The molecule has 2 aromatic rings. The molecule has 8 nitrogen and oxygen atoms in total. The summed E-state index contributed by atoms with van der Waals surface area (Å²) in [4.78, 5) is 26.9. The molecule has 0 aromatic carbocycles. The van der Waals surface area contributed by atoms with Crippen molar-refractivity contribution in [3.63, 3.8) is 0 Å². The number of nitrogens with zero attached hydrogens (tertiary/aromatic N) is 4. The lowest BCUT2D eigenvalue weighted by atomic mass is 10.0. The SMILES string of the molecule is Cc1ccc(NC(=O)CCNc2cc(N3CCCCC3CO)ncn2)nc1. The Morgan fingerprint density at radius 3 is 2.93 bits per heavy atom. The van der Waals surface area contributed by atoms with E-state index in [4.69, 9.17) is 0 Å². The number of aromatic nitrogens is 3. The van der Waals surface area contributed by atoms with E-state index in [2.05, 4.69) is 30.5 Å². The number of anilines is 3. The van der Waals surface area contributed by atoms with Gasteiger partial charge >= 0.3 is 0 Å². The minimum atomic E-state index is -0.107. The lowest BCUT2D eigenvalue weighted by Crippen LogP contribution is -2.42. The molecular formula is C19H26N6O2. The van der Waals surface area contributed by atoms with Gasteiger partial charge in [-0.05, 0) is 37.8 Å². The maximum atomic E-state index is 12.0. The number of carbonyl (C=O) groups excluding carboxylic acids is 1. The Labute approximate surface area is 159 Å². The topological polar surface area (TPSA) is 103 Å². The molecule has 1 unspecified atom stereocenters. The molecule has 0 aliphatic carbocycles. The van der Waals surface area contributed by atoms with Gasteiger partial charge in [0.05, 0.1) is 12.6 Å². The van der Waals surface area contributed by atoms with Gasteiger partial charge in [0.15, 0.2) is 0 Å². The van der Waals surface area contributed by atoms with E-state index in [1.165, 1.54) is 6.33 Å². The highest BCUT2D eigenvalue weighted by Crippen LogP contribution is 2.23. The smallest absolute Gasteiger partial charge is 0.227 e. The number of aliphatic hydroxyl groups is 1. The standard InChI is InChI=1S/C19H26N6O2/c1-14-5-6-16(21-11-14)24-19(27)7-8-20-17-10-18(23-13-22-17)25-9-3-2-4-15(25)12-26/h5-6,10-11,13,15,26H,2-4,7-9,12H2,1H3,(H,20,22,23)(H,21,24,27). The lowest BCUT2D eigenvalue weighted by molar-refractivity contribution is -0.116. The molecule has 27 heavy (non-hydrogen) atoms. The van der Waals surface area contributed by atoms with E-state index in [0.717, 1.165) is 37.2 Å². The average Bonchev–Trinajstić information content (AvgIpc) is 2.70. The summed E-state index contributed by atoms with van der Waals surface area (Å²) in [5.74, 6) is 1.92. The van der Waals surface area contributed by atoms with Gasteiger partial charge in [-0.2, -0.15) is 0 Å². The van der Waals surface area contributed by atoms with Crippen molar-refractivity contribution in [1.29, 1.82) is 0 Å². The van der Waals surface area contributed by atoms with Crippen LogP contribution < -0.4 is 15.5 Å². The summed E-state index contributed by atoms with van der Waals surface area (Å²) < 4.78 is 0. The maximum Gasteiger partial charge on any atom is 0.227 e. The molecule has 1 aliphatic heterocycles. The quantitative estimate of drug-likeness (QED) is 0.684. The van der Waals surface area contributed by atoms with Gasteiger partial charge in [0.2, 0.25) is 5.91 Å². The van der Waals surface area contributed by atoms with Gasteiger partial charge in [0.1, 0.15) is 23.8 Å².